The van der Waals surface area contributed by atoms with Gasteiger partial charge in [-0.1, -0.05) is 36.4 Å². The number of fused-ring (bicyclic) bond motifs is 2. The van der Waals surface area contributed by atoms with Crippen molar-refractivity contribution >= 4 is 57.6 Å². The molecule has 3 N–H and O–H groups in total. The van der Waals surface area contributed by atoms with E-state index in [1.807, 2.05) is 49.4 Å². The van der Waals surface area contributed by atoms with Gasteiger partial charge in [0.05, 0.1) is 6.33 Å². The Morgan fingerprint density at radius 2 is 1.91 bits per heavy atom. The number of hydrogen-bond acceptors (Lipinski definition) is 9. The summed E-state index contributed by atoms with van der Waals surface area (Å²) in [4.78, 5) is 37.0. The van der Waals surface area contributed by atoms with Gasteiger partial charge in [-0.15, -0.1) is 0 Å². The summed E-state index contributed by atoms with van der Waals surface area (Å²) >= 11 is 2.05. The number of anilines is 1. The van der Waals surface area contributed by atoms with Crippen molar-refractivity contribution in [1.82, 2.24) is 24.8 Å². The van der Waals surface area contributed by atoms with E-state index in [0.29, 0.717) is 17.7 Å². The van der Waals surface area contributed by atoms with Gasteiger partial charge in [-0.3, -0.25) is 9.88 Å². The van der Waals surface area contributed by atoms with Crippen LogP contribution < -0.4 is 15.4 Å². The van der Waals surface area contributed by atoms with Crippen LogP contribution in [0.3, 0.4) is 0 Å². The number of aromatic nitrogens is 4. The number of rotatable bonds is 9. The number of nitrogens with one attached hydrogen (secondary N) is 2. The molecule has 4 unspecified atom stereocenters. The number of urea groups is 1. The van der Waals surface area contributed by atoms with Gasteiger partial charge < -0.3 is 29.4 Å². The summed E-state index contributed by atoms with van der Waals surface area (Å²) in [6, 6.07) is 14.3. The van der Waals surface area contributed by atoms with Crippen molar-refractivity contribution in [3.8, 4) is 5.75 Å². The van der Waals surface area contributed by atoms with Crippen molar-refractivity contribution in [3.63, 3.8) is 0 Å². The number of hydrogen-bond donors (Lipinski definition) is 3. The number of carbonyl (C=O) groups is 2. The Bertz CT molecular complexity index is 1670. The zero-order valence-electron chi connectivity index (χ0n) is 22.8. The van der Waals surface area contributed by atoms with Crippen molar-refractivity contribution < 1.29 is 33.6 Å². The van der Waals surface area contributed by atoms with E-state index in [-0.39, 0.29) is 23.7 Å². The molecule has 222 valence electrons. The highest BCUT2D eigenvalue weighted by Gasteiger charge is 2.53. The van der Waals surface area contributed by atoms with Crippen LogP contribution in [0.1, 0.15) is 29.1 Å². The summed E-state index contributed by atoms with van der Waals surface area (Å²) in [6.45, 7) is 2.26. The second-order valence-corrected chi connectivity index (χ2v) is 10.9. The highest BCUT2D eigenvalue weighted by molar-refractivity contribution is 14.1. The molecule has 0 saturated carbocycles. The summed E-state index contributed by atoms with van der Waals surface area (Å²) < 4.78 is 27.5. The van der Waals surface area contributed by atoms with E-state index in [9.17, 15) is 14.7 Å². The lowest BCUT2D eigenvalue weighted by Crippen LogP contribution is -2.33. The van der Waals surface area contributed by atoms with Gasteiger partial charge in [-0.2, -0.15) is 0 Å². The summed E-state index contributed by atoms with van der Waals surface area (Å²) in [5, 5.41) is 15.0. The minimum absolute atomic E-state index is 0.00261. The molecule has 0 radical (unpaired) electrons. The molecule has 0 bridgehead atoms. The molecule has 2 amide bonds. The molecule has 0 spiro atoms. The van der Waals surface area contributed by atoms with E-state index in [1.165, 1.54) is 6.33 Å². The van der Waals surface area contributed by atoms with E-state index < -0.39 is 42.8 Å². The minimum Gasteiger partial charge on any atom is -0.490 e. The van der Waals surface area contributed by atoms with Crippen molar-refractivity contribution in [1.29, 1.82) is 0 Å². The highest BCUT2D eigenvalue weighted by Crippen LogP contribution is 2.41. The van der Waals surface area contributed by atoms with E-state index in [0.717, 1.165) is 9.13 Å². The second-order valence-electron chi connectivity index (χ2n) is 9.69. The van der Waals surface area contributed by atoms with Gasteiger partial charge in [0.15, 0.2) is 29.5 Å². The Morgan fingerprint density at radius 1 is 1.09 bits per heavy atom. The maximum atomic E-state index is 12.1. The van der Waals surface area contributed by atoms with Crippen LogP contribution in [0, 0.1) is 3.57 Å². The van der Waals surface area contributed by atoms with Crippen LogP contribution in [-0.4, -0.2) is 74.4 Å². The SMILES string of the molecule is CCNC(=O)Nc1ncnc2c1ncn2C1OC(COc2ccc(I)cc2C(=O)O)C2O[C@H](/C=C/c3ccccc3)OC21. The fraction of sp³-hybridized carbons (Fsp3) is 0.276. The molecule has 4 heterocycles. The smallest absolute Gasteiger partial charge is 0.339 e. The molecular formula is C29H27IN6O7. The van der Waals surface area contributed by atoms with E-state index in [2.05, 4.69) is 48.2 Å². The van der Waals surface area contributed by atoms with Gasteiger partial charge in [0.2, 0.25) is 0 Å². The third kappa shape index (κ3) is 6.17. The predicted molar refractivity (Wildman–Crippen MR) is 163 cm³/mol. The first-order chi connectivity index (χ1) is 20.9. The molecule has 4 aromatic rings. The fourth-order valence-electron chi connectivity index (χ4n) is 4.97. The molecule has 6 rings (SSSR count). The summed E-state index contributed by atoms with van der Waals surface area (Å²) in [6.07, 6.45) is 3.46. The average Bonchev–Trinajstić information content (AvgIpc) is 3.70. The number of amides is 2. The van der Waals surface area contributed by atoms with Crippen LogP contribution in [0.5, 0.6) is 5.75 Å². The zero-order valence-corrected chi connectivity index (χ0v) is 25.0. The average molecular weight is 698 g/mol. The number of carboxylic acids is 1. The number of carboxylic acid groups (broad SMARTS) is 1. The lowest BCUT2D eigenvalue weighted by Gasteiger charge is -2.21. The maximum Gasteiger partial charge on any atom is 0.339 e. The van der Waals surface area contributed by atoms with E-state index >= 15 is 0 Å². The van der Waals surface area contributed by atoms with Crippen molar-refractivity contribution in [2.45, 2.75) is 37.8 Å². The van der Waals surface area contributed by atoms with Gasteiger partial charge in [0, 0.05) is 10.1 Å². The van der Waals surface area contributed by atoms with Crippen molar-refractivity contribution in [2.75, 3.05) is 18.5 Å². The Balaban J connectivity index is 1.28. The normalized spacial score (nSPS) is 23.0. The molecule has 0 aliphatic carbocycles. The Hall–Kier alpha value is -4.12. The number of aromatic carboxylic acids is 1. The van der Waals surface area contributed by atoms with E-state index in [1.54, 1.807) is 29.1 Å². The van der Waals surface area contributed by atoms with Crippen LogP contribution in [0.25, 0.3) is 17.2 Å². The third-order valence-corrected chi connectivity index (χ3v) is 7.56. The first kappa shape index (κ1) is 29.0. The summed E-state index contributed by atoms with van der Waals surface area (Å²) in [5.41, 5.74) is 1.83. The molecule has 13 nitrogen and oxygen atoms in total. The molecule has 2 saturated heterocycles. The monoisotopic (exact) mass is 698 g/mol. The van der Waals surface area contributed by atoms with E-state index in [4.69, 9.17) is 18.9 Å². The first-order valence-corrected chi connectivity index (χ1v) is 14.6. The quantitative estimate of drug-likeness (QED) is 0.218. The molecule has 2 aromatic carbocycles. The highest BCUT2D eigenvalue weighted by atomic mass is 127. The Labute approximate surface area is 259 Å². The van der Waals surface area contributed by atoms with Gasteiger partial charge >= 0.3 is 12.0 Å². The number of nitrogens with zero attached hydrogens (tertiary/aromatic N) is 4. The van der Waals surface area contributed by atoms with Crippen LogP contribution in [0.15, 0.2) is 67.3 Å². The molecular weight excluding hydrogens is 671 g/mol. The number of carbonyl (C=O) groups excluding carboxylic acids is 1. The number of benzene rings is 2. The third-order valence-electron chi connectivity index (χ3n) is 6.89. The van der Waals surface area contributed by atoms with Crippen LogP contribution in [0.2, 0.25) is 0 Å². The lowest BCUT2D eigenvalue weighted by atomic mass is 10.1. The minimum atomic E-state index is -1.09. The Kier molecular flexibility index (Phi) is 8.51. The van der Waals surface area contributed by atoms with Gasteiger partial charge in [0.25, 0.3) is 0 Å². The van der Waals surface area contributed by atoms with Gasteiger partial charge in [-0.05, 0) is 59.4 Å². The lowest BCUT2D eigenvalue weighted by molar-refractivity contribution is -0.131. The van der Waals surface area contributed by atoms with Crippen molar-refractivity contribution in [2.24, 2.45) is 0 Å². The second kappa shape index (κ2) is 12.6. The molecule has 2 aromatic heterocycles. The molecule has 2 fully saturated rings. The molecule has 5 atom stereocenters. The van der Waals surface area contributed by atoms with Gasteiger partial charge in [-0.25, -0.2) is 24.5 Å². The summed E-state index contributed by atoms with van der Waals surface area (Å²) in [7, 11) is 0. The maximum absolute atomic E-state index is 12.1. The Morgan fingerprint density at radius 3 is 2.70 bits per heavy atom. The van der Waals surface area contributed by atoms with Crippen molar-refractivity contribution in [3.05, 3.63) is 82.0 Å². The van der Waals surface area contributed by atoms with Crippen LogP contribution in [0.4, 0.5) is 10.6 Å². The summed E-state index contributed by atoms with van der Waals surface area (Å²) in [5.74, 6) is -0.626. The predicted octanol–water partition coefficient (Wildman–Crippen LogP) is 4.07. The standard InChI is InChI=1S/C29H27IN6O7/c1-2-31-29(39)35-25-22-26(33-14-32-25)36(15-34-22)27-24-23(42-21(43-24)11-8-16-6-4-3-5-7-16)20(41-27)13-40-19-10-9-17(30)12-18(19)28(37)38/h3-12,14-15,20-21,23-24,27H,2,13H2,1H3,(H,37,38)(H2,31,32,33,35,39)/b11-8+/t20?,21-,23?,24?,27?/m0/s1. The molecule has 2 aliphatic heterocycles. The fourth-order valence-corrected chi connectivity index (χ4v) is 5.46. The van der Waals surface area contributed by atoms with Crippen LogP contribution >= 0.6 is 22.6 Å². The zero-order chi connectivity index (χ0) is 29.9. The van der Waals surface area contributed by atoms with Gasteiger partial charge in [0.1, 0.15) is 42.6 Å². The number of imidazole rings is 1. The molecule has 43 heavy (non-hydrogen) atoms. The molecule has 2 aliphatic rings. The largest absolute Gasteiger partial charge is 0.490 e. The molecule has 14 heteroatoms. The van der Waals surface area contributed by atoms with Crippen LogP contribution in [-0.2, 0) is 14.2 Å². The number of halogens is 1. The first-order valence-electron chi connectivity index (χ1n) is 13.5. The number of ether oxygens (including phenoxy) is 4. The topological polar surface area (TPSA) is 159 Å².